The van der Waals surface area contributed by atoms with E-state index in [9.17, 15) is 0 Å². The normalized spacial score (nSPS) is 11.9. The zero-order valence-corrected chi connectivity index (χ0v) is 40.3. The zero-order chi connectivity index (χ0) is 50.1. The van der Waals surface area contributed by atoms with E-state index in [0.29, 0.717) is 91.1 Å². The Balaban J connectivity index is 1.38. The fourth-order valence-electron chi connectivity index (χ4n) is 8.37. The Morgan fingerprint density at radius 3 is 0.875 bits per heavy atom. The van der Waals surface area contributed by atoms with E-state index in [0.717, 1.165) is 33.1 Å². The molecule has 0 radical (unpaired) electrons. The number of nitrogens with one attached hydrogen (secondary N) is 2. The molecular formula is C58H54N8O6. The van der Waals surface area contributed by atoms with Crippen LogP contribution in [-0.2, 0) is 14.1 Å². The number of hydrogen-bond acceptors (Lipinski definition) is 10. The number of fused-ring (bicyclic) bond motifs is 18. The highest BCUT2D eigenvalue weighted by Crippen LogP contribution is 2.38. The van der Waals surface area contributed by atoms with Crippen LogP contribution in [0.4, 0.5) is 0 Å². The molecule has 9 heterocycles. The van der Waals surface area contributed by atoms with Crippen LogP contribution in [0.15, 0.2) is 124 Å². The van der Waals surface area contributed by atoms with Crippen LogP contribution in [0.1, 0.15) is 45.6 Å². The molecule has 14 heteroatoms. The first-order chi connectivity index (χ1) is 35.3. The standard InChI is InChI=1S/C58H54N8O6/c1-9-31-67-53-39-17-15-37(59-39)38-16-18-40(60-38)54(68-32-10-2)42-20-22-44(62-42)56(70-34-12-4)46-24-26-48(64-46)58(72-36-14-6)52-30-28-50(66(52)8)49-27-29-51(65(49)7)57(71-35-13-5)47-25-23-45(63-47)55(69-33-11-3)43-21-19-41(53)61-43/h9-30,59-60H,1-6,31-36H2,7-8H3. The fourth-order valence-corrected chi connectivity index (χ4v) is 8.37. The van der Waals surface area contributed by atoms with Gasteiger partial charge in [0.1, 0.15) is 85.2 Å². The second-order valence-corrected chi connectivity index (χ2v) is 16.3. The van der Waals surface area contributed by atoms with Crippen molar-refractivity contribution in [3.05, 3.63) is 170 Å². The predicted octanol–water partition coefficient (Wildman–Crippen LogP) is 12.2. The first-order valence-electron chi connectivity index (χ1n) is 23.2. The second-order valence-electron chi connectivity index (χ2n) is 16.3. The lowest BCUT2D eigenvalue weighted by Crippen LogP contribution is -2.00. The molecule has 0 fully saturated rings. The molecule has 72 heavy (non-hydrogen) atoms. The molecule has 5 aromatic heterocycles. The number of nitrogens with zero attached hydrogens (tertiary/aromatic N) is 6. The van der Waals surface area contributed by atoms with E-state index in [1.165, 1.54) is 0 Å². The summed E-state index contributed by atoms with van der Waals surface area (Å²) in [7, 11) is 3.98. The molecule has 5 aromatic rings. The van der Waals surface area contributed by atoms with Gasteiger partial charge in [0.2, 0.25) is 0 Å². The van der Waals surface area contributed by atoms with Gasteiger partial charge in [-0.15, -0.1) is 0 Å². The average Bonchev–Trinajstić information content (AvgIpc) is 4.24. The number of aryl methyl sites for hydroxylation is 2. The first-order valence-corrected chi connectivity index (χ1v) is 23.2. The van der Waals surface area contributed by atoms with Gasteiger partial charge in [-0.3, -0.25) is 0 Å². The molecule has 0 aliphatic carbocycles. The summed E-state index contributed by atoms with van der Waals surface area (Å²) in [6.07, 6.45) is 25.3. The second kappa shape index (κ2) is 21.6. The van der Waals surface area contributed by atoms with Crippen molar-refractivity contribution < 1.29 is 28.4 Å². The van der Waals surface area contributed by atoms with Gasteiger partial charge in [-0.2, -0.15) is 0 Å². The maximum Gasteiger partial charge on any atom is 0.170 e. The number of ether oxygens (including phenoxy) is 6. The molecule has 4 aliphatic rings. The van der Waals surface area contributed by atoms with Gasteiger partial charge in [-0.05, 0) is 97.1 Å². The van der Waals surface area contributed by atoms with Crippen molar-refractivity contribution in [3.63, 3.8) is 0 Å². The minimum Gasteiger partial charge on any atom is -0.485 e. The van der Waals surface area contributed by atoms with Gasteiger partial charge < -0.3 is 47.5 Å². The molecule has 9 rings (SSSR count). The van der Waals surface area contributed by atoms with E-state index >= 15 is 0 Å². The molecule has 0 saturated heterocycles. The fraction of sp³-hybridized carbons (Fsp3) is 0.138. The monoisotopic (exact) mass is 958 g/mol. The third-order valence-corrected chi connectivity index (χ3v) is 11.6. The van der Waals surface area contributed by atoms with Crippen LogP contribution in [0.3, 0.4) is 0 Å². The molecule has 362 valence electrons. The Kier molecular flexibility index (Phi) is 14.3. The van der Waals surface area contributed by atoms with Crippen LogP contribution in [0.2, 0.25) is 0 Å². The lowest BCUT2D eigenvalue weighted by Gasteiger charge is -2.09. The Hall–Kier alpha value is -9.30. The largest absolute Gasteiger partial charge is 0.485 e. The van der Waals surface area contributed by atoms with Crippen LogP contribution in [0.5, 0.6) is 34.5 Å². The van der Waals surface area contributed by atoms with Crippen LogP contribution < -0.4 is 28.4 Å². The average molecular weight is 959 g/mol. The molecule has 0 unspecified atom stereocenters. The van der Waals surface area contributed by atoms with E-state index < -0.39 is 0 Å². The summed E-state index contributed by atoms with van der Waals surface area (Å²) in [6, 6.07) is 16.0. The number of H-pyrrole nitrogens is 2. The highest BCUT2D eigenvalue weighted by molar-refractivity contribution is 5.91. The quantitative estimate of drug-likeness (QED) is 0.0796. The first kappa shape index (κ1) is 47.8. The minimum absolute atomic E-state index is 0.218. The molecule has 0 spiro atoms. The Labute approximate surface area is 416 Å². The van der Waals surface area contributed by atoms with Crippen LogP contribution >= 0.6 is 0 Å². The number of rotatable bonds is 18. The number of aromatic nitrogens is 8. The molecule has 14 nitrogen and oxygen atoms in total. The lowest BCUT2D eigenvalue weighted by molar-refractivity contribution is 0.357. The van der Waals surface area contributed by atoms with Crippen molar-refractivity contribution in [2.75, 3.05) is 39.6 Å². The third-order valence-electron chi connectivity index (χ3n) is 11.6. The van der Waals surface area contributed by atoms with Gasteiger partial charge in [0.05, 0.1) is 44.1 Å². The Morgan fingerprint density at radius 1 is 0.333 bits per heavy atom. The van der Waals surface area contributed by atoms with Gasteiger partial charge in [0.25, 0.3) is 0 Å². The summed E-state index contributed by atoms with van der Waals surface area (Å²) in [4.78, 5) is 27.3. The smallest absolute Gasteiger partial charge is 0.170 e. The summed E-state index contributed by atoms with van der Waals surface area (Å²) < 4.78 is 42.3. The van der Waals surface area contributed by atoms with Gasteiger partial charge >= 0.3 is 0 Å². The van der Waals surface area contributed by atoms with Gasteiger partial charge in [0, 0.05) is 14.1 Å². The number of aromatic amines is 2. The summed E-state index contributed by atoms with van der Waals surface area (Å²) >= 11 is 0. The molecule has 0 aromatic carbocycles. The van der Waals surface area contributed by atoms with E-state index in [4.69, 9.17) is 48.4 Å². The zero-order valence-electron chi connectivity index (χ0n) is 40.3. The summed E-state index contributed by atoms with van der Waals surface area (Å²) in [5, 5.41) is 0. The molecule has 2 N–H and O–H groups in total. The third kappa shape index (κ3) is 9.53. The van der Waals surface area contributed by atoms with Crippen molar-refractivity contribution in [3.8, 4) is 34.5 Å². The molecule has 16 bridgehead atoms. The lowest BCUT2D eigenvalue weighted by atomic mass is 10.3. The van der Waals surface area contributed by atoms with E-state index in [1.807, 2.05) is 99.1 Å². The van der Waals surface area contributed by atoms with Crippen molar-refractivity contribution in [1.82, 2.24) is 39.0 Å². The Morgan fingerprint density at radius 2 is 0.569 bits per heavy atom. The van der Waals surface area contributed by atoms with Crippen molar-refractivity contribution in [2.24, 2.45) is 14.1 Å². The van der Waals surface area contributed by atoms with Crippen LogP contribution in [0.25, 0.3) is 92.7 Å². The summed E-state index contributed by atoms with van der Waals surface area (Å²) in [6.45, 7) is 24.8. The van der Waals surface area contributed by atoms with E-state index in [1.54, 1.807) is 36.5 Å². The molecular weight excluding hydrogens is 905 g/mol. The van der Waals surface area contributed by atoms with Crippen LogP contribution in [0, 0.1) is 0 Å². The highest BCUT2D eigenvalue weighted by atomic mass is 16.5. The maximum atomic E-state index is 6.42. The van der Waals surface area contributed by atoms with E-state index in [-0.39, 0.29) is 39.6 Å². The van der Waals surface area contributed by atoms with Crippen molar-refractivity contribution >= 4 is 92.7 Å². The van der Waals surface area contributed by atoms with Crippen LogP contribution in [-0.4, -0.2) is 78.7 Å². The van der Waals surface area contributed by atoms with E-state index in [2.05, 4.69) is 70.7 Å². The Bertz CT molecular complexity index is 3360. The molecule has 4 aliphatic heterocycles. The molecule has 0 saturated carbocycles. The van der Waals surface area contributed by atoms with Gasteiger partial charge in [-0.1, -0.05) is 75.9 Å². The predicted molar refractivity (Wildman–Crippen MR) is 292 cm³/mol. The van der Waals surface area contributed by atoms with Gasteiger partial charge in [-0.25, -0.2) is 19.9 Å². The topological polar surface area (TPSA) is 148 Å². The summed E-state index contributed by atoms with van der Waals surface area (Å²) in [5.41, 5.74) is 10.9. The van der Waals surface area contributed by atoms with Crippen molar-refractivity contribution in [1.29, 1.82) is 0 Å². The highest BCUT2D eigenvalue weighted by Gasteiger charge is 2.21. The molecule has 0 atom stereocenters. The van der Waals surface area contributed by atoms with Gasteiger partial charge in [0.15, 0.2) is 34.5 Å². The maximum absolute atomic E-state index is 6.42. The van der Waals surface area contributed by atoms with Crippen molar-refractivity contribution in [2.45, 2.75) is 0 Å². The number of hydrogen-bond donors (Lipinski definition) is 2. The summed E-state index contributed by atoms with van der Waals surface area (Å²) in [5.74, 6) is 3.06. The molecule has 0 amide bonds. The SMILES string of the molecule is C=CCOc1c2nc(c(OCC=C)c3ccc([nH]3)c3ccc([nH]3)c(OCC=C)c3nc(c(OCC=C)c4nc(c(OCC=C)c5ccc(c6ccc(c(OCC=C)c7nc1C=C7)n6C)n5C)C=C4)C=C3)C=C2. The minimum atomic E-state index is 0.218.